The van der Waals surface area contributed by atoms with Crippen LogP contribution >= 0.6 is 0 Å². The Labute approximate surface area is 129 Å². The Kier molecular flexibility index (Phi) is 5.80. The molecule has 0 fully saturated rings. The first-order valence-electron chi connectivity index (χ1n) is 7.60. The molecule has 1 rings (SSSR count). The quantitative estimate of drug-likeness (QED) is 0.802. The molecule has 0 aliphatic heterocycles. The average Bonchev–Trinajstić information content (AvgIpc) is 2.37. The summed E-state index contributed by atoms with van der Waals surface area (Å²) in [5.74, 6) is 0.971. The largest absolute Gasteiger partial charge is 0.493 e. The molecule has 21 heavy (non-hydrogen) atoms. The second kappa shape index (κ2) is 6.95. The van der Waals surface area contributed by atoms with Crippen LogP contribution in [0.25, 0.3) is 0 Å². The Balaban J connectivity index is 2.56. The number of nitriles is 1. The SMILES string of the molecule is Cc1ccc(C(C)(C)C)c(OCCCCC(C)(N)C#N)c1. The van der Waals surface area contributed by atoms with Gasteiger partial charge in [0.2, 0.25) is 0 Å². The standard InChI is InChI=1S/C18H28N2O/c1-14-8-9-15(17(2,3)4)16(12-14)21-11-7-6-10-18(5,20)13-19/h8-9,12H,6-7,10-11,20H2,1-5H3. The summed E-state index contributed by atoms with van der Waals surface area (Å²) in [4.78, 5) is 0. The lowest BCUT2D eigenvalue weighted by molar-refractivity contribution is 0.293. The van der Waals surface area contributed by atoms with E-state index in [4.69, 9.17) is 15.7 Å². The topological polar surface area (TPSA) is 59.0 Å². The van der Waals surface area contributed by atoms with Crippen molar-refractivity contribution in [2.45, 2.75) is 64.8 Å². The monoisotopic (exact) mass is 288 g/mol. The molecule has 0 aromatic heterocycles. The van der Waals surface area contributed by atoms with Gasteiger partial charge in [-0.1, -0.05) is 32.9 Å². The van der Waals surface area contributed by atoms with Gasteiger partial charge in [0, 0.05) is 0 Å². The molecule has 1 aromatic rings. The third-order valence-electron chi connectivity index (χ3n) is 3.55. The number of unbranched alkanes of at least 4 members (excludes halogenated alkanes) is 1. The summed E-state index contributed by atoms with van der Waals surface area (Å²) in [6, 6.07) is 8.50. The molecule has 0 saturated heterocycles. The molecule has 1 atom stereocenters. The normalized spacial score (nSPS) is 14.3. The van der Waals surface area contributed by atoms with E-state index in [1.807, 2.05) is 0 Å². The van der Waals surface area contributed by atoms with E-state index in [0.717, 1.165) is 18.6 Å². The van der Waals surface area contributed by atoms with Crippen molar-refractivity contribution in [3.63, 3.8) is 0 Å². The molecule has 0 amide bonds. The lowest BCUT2D eigenvalue weighted by atomic mass is 9.86. The van der Waals surface area contributed by atoms with Crippen LogP contribution in [-0.2, 0) is 5.41 Å². The highest BCUT2D eigenvalue weighted by atomic mass is 16.5. The van der Waals surface area contributed by atoms with Gasteiger partial charge in [0.1, 0.15) is 11.3 Å². The van der Waals surface area contributed by atoms with Gasteiger partial charge in [-0.15, -0.1) is 0 Å². The van der Waals surface area contributed by atoms with E-state index in [9.17, 15) is 0 Å². The minimum atomic E-state index is -0.722. The Morgan fingerprint density at radius 2 is 1.86 bits per heavy atom. The van der Waals surface area contributed by atoms with Crippen molar-refractivity contribution in [1.29, 1.82) is 5.26 Å². The first kappa shape index (κ1) is 17.5. The van der Waals surface area contributed by atoms with Crippen LogP contribution in [0.4, 0.5) is 0 Å². The van der Waals surface area contributed by atoms with Crippen LogP contribution < -0.4 is 10.5 Å². The van der Waals surface area contributed by atoms with Crippen LogP contribution in [0.1, 0.15) is 58.1 Å². The van der Waals surface area contributed by atoms with E-state index in [0.29, 0.717) is 13.0 Å². The van der Waals surface area contributed by atoms with E-state index >= 15 is 0 Å². The van der Waals surface area contributed by atoms with E-state index in [1.165, 1.54) is 11.1 Å². The first-order chi connectivity index (χ1) is 9.65. The van der Waals surface area contributed by atoms with Crippen LogP contribution in [0.2, 0.25) is 0 Å². The number of nitrogens with zero attached hydrogens (tertiary/aromatic N) is 1. The van der Waals surface area contributed by atoms with Crippen molar-refractivity contribution in [3.8, 4) is 11.8 Å². The minimum Gasteiger partial charge on any atom is -0.493 e. The van der Waals surface area contributed by atoms with Gasteiger partial charge >= 0.3 is 0 Å². The molecule has 3 nitrogen and oxygen atoms in total. The molecule has 0 bridgehead atoms. The highest BCUT2D eigenvalue weighted by molar-refractivity contribution is 5.41. The molecule has 0 radical (unpaired) electrons. The van der Waals surface area contributed by atoms with Crippen LogP contribution in [0.3, 0.4) is 0 Å². The summed E-state index contributed by atoms with van der Waals surface area (Å²) in [5, 5.41) is 8.88. The number of hydrogen-bond donors (Lipinski definition) is 1. The second-order valence-corrected chi connectivity index (χ2v) is 7.08. The predicted octanol–water partition coefficient (Wildman–Crippen LogP) is 4.08. The van der Waals surface area contributed by atoms with Crippen molar-refractivity contribution in [1.82, 2.24) is 0 Å². The number of nitrogens with two attached hydrogens (primary N) is 1. The van der Waals surface area contributed by atoms with Crippen molar-refractivity contribution in [2.75, 3.05) is 6.61 Å². The maximum absolute atomic E-state index is 8.88. The molecule has 0 heterocycles. The zero-order valence-electron chi connectivity index (χ0n) is 14.0. The Morgan fingerprint density at radius 1 is 1.19 bits per heavy atom. The highest BCUT2D eigenvalue weighted by Gasteiger charge is 2.19. The Morgan fingerprint density at radius 3 is 2.43 bits per heavy atom. The summed E-state index contributed by atoms with van der Waals surface area (Å²) in [6.45, 7) is 11.1. The lowest BCUT2D eigenvalue weighted by Gasteiger charge is -2.23. The van der Waals surface area contributed by atoms with Crippen LogP contribution in [0.5, 0.6) is 5.75 Å². The van der Waals surface area contributed by atoms with Gasteiger partial charge in [0.15, 0.2) is 0 Å². The third-order valence-corrected chi connectivity index (χ3v) is 3.55. The van der Waals surface area contributed by atoms with E-state index < -0.39 is 5.54 Å². The summed E-state index contributed by atoms with van der Waals surface area (Å²) >= 11 is 0. The lowest BCUT2D eigenvalue weighted by Crippen LogP contribution is -2.33. The van der Waals surface area contributed by atoms with Gasteiger partial charge in [-0.25, -0.2) is 0 Å². The first-order valence-corrected chi connectivity index (χ1v) is 7.60. The number of ether oxygens (including phenoxy) is 1. The zero-order valence-corrected chi connectivity index (χ0v) is 14.0. The van der Waals surface area contributed by atoms with Crippen molar-refractivity contribution >= 4 is 0 Å². The number of benzene rings is 1. The molecule has 1 aromatic carbocycles. The van der Waals surface area contributed by atoms with E-state index in [2.05, 4.69) is 52.0 Å². The van der Waals surface area contributed by atoms with E-state index in [1.54, 1.807) is 6.92 Å². The van der Waals surface area contributed by atoms with Crippen molar-refractivity contribution in [2.24, 2.45) is 5.73 Å². The van der Waals surface area contributed by atoms with Gasteiger partial charge < -0.3 is 10.5 Å². The van der Waals surface area contributed by atoms with E-state index in [-0.39, 0.29) is 5.41 Å². The highest BCUT2D eigenvalue weighted by Crippen LogP contribution is 2.32. The van der Waals surface area contributed by atoms with Gasteiger partial charge in [0.25, 0.3) is 0 Å². The smallest absolute Gasteiger partial charge is 0.123 e. The molecule has 1 unspecified atom stereocenters. The van der Waals surface area contributed by atoms with Crippen LogP contribution in [-0.4, -0.2) is 12.1 Å². The predicted molar refractivity (Wildman–Crippen MR) is 87.4 cm³/mol. The molecular formula is C18H28N2O. The van der Waals surface area contributed by atoms with Crippen molar-refractivity contribution in [3.05, 3.63) is 29.3 Å². The number of aryl methyl sites for hydroxylation is 1. The fourth-order valence-electron chi connectivity index (χ4n) is 2.20. The summed E-state index contributed by atoms with van der Waals surface area (Å²) in [7, 11) is 0. The Bertz CT molecular complexity index is 507. The average molecular weight is 288 g/mol. The molecule has 3 heteroatoms. The molecule has 0 saturated carbocycles. The number of rotatable bonds is 6. The molecule has 0 aliphatic carbocycles. The molecule has 2 N–H and O–H groups in total. The fourth-order valence-corrected chi connectivity index (χ4v) is 2.20. The molecule has 116 valence electrons. The maximum atomic E-state index is 8.88. The van der Waals surface area contributed by atoms with Gasteiger partial charge in [-0.05, 0) is 55.7 Å². The number of hydrogen-bond acceptors (Lipinski definition) is 3. The van der Waals surface area contributed by atoms with Crippen LogP contribution in [0, 0.1) is 18.3 Å². The van der Waals surface area contributed by atoms with Gasteiger partial charge in [0.05, 0.1) is 12.7 Å². The van der Waals surface area contributed by atoms with Gasteiger partial charge in [-0.3, -0.25) is 0 Å². The third kappa shape index (κ3) is 5.77. The minimum absolute atomic E-state index is 0.0691. The zero-order chi connectivity index (χ0) is 16.1. The van der Waals surface area contributed by atoms with Crippen molar-refractivity contribution < 1.29 is 4.74 Å². The summed E-state index contributed by atoms with van der Waals surface area (Å²) in [5.41, 5.74) is 7.59. The van der Waals surface area contributed by atoms with Crippen LogP contribution in [0.15, 0.2) is 18.2 Å². The molecular weight excluding hydrogens is 260 g/mol. The Hall–Kier alpha value is -1.53. The second-order valence-electron chi connectivity index (χ2n) is 7.08. The summed E-state index contributed by atoms with van der Waals surface area (Å²) < 4.78 is 5.97. The fraction of sp³-hybridized carbons (Fsp3) is 0.611. The van der Waals surface area contributed by atoms with Gasteiger partial charge in [-0.2, -0.15) is 5.26 Å². The molecule has 0 aliphatic rings. The molecule has 0 spiro atoms. The maximum Gasteiger partial charge on any atom is 0.123 e. The summed E-state index contributed by atoms with van der Waals surface area (Å²) in [6.07, 6.45) is 2.51.